The molecule has 2 aromatic carbocycles. The minimum Gasteiger partial charge on any atom is -0.461 e. The fourth-order valence-corrected chi connectivity index (χ4v) is 2.96. The zero-order valence-electron chi connectivity index (χ0n) is 15.9. The van der Waals surface area contributed by atoms with Gasteiger partial charge in [0, 0.05) is 10.9 Å². The first kappa shape index (κ1) is 18.6. The summed E-state index contributed by atoms with van der Waals surface area (Å²) < 4.78 is 5.16. The molecule has 5 nitrogen and oxygen atoms in total. The fourth-order valence-electron chi connectivity index (χ4n) is 2.96. The summed E-state index contributed by atoms with van der Waals surface area (Å²) in [6.45, 7) is 7.87. The number of carbonyl (C=O) groups is 2. The summed E-state index contributed by atoms with van der Waals surface area (Å²) in [6, 6.07) is 12.8. The fraction of sp³-hybridized carbons (Fsp3) is 0.227. The van der Waals surface area contributed by atoms with Gasteiger partial charge in [0.05, 0.1) is 17.8 Å². The topological polar surface area (TPSA) is 68.3 Å². The molecule has 0 saturated heterocycles. The molecule has 0 spiro atoms. The summed E-state index contributed by atoms with van der Waals surface area (Å²) in [7, 11) is 0. The summed E-state index contributed by atoms with van der Waals surface area (Å²) in [4.78, 5) is 29.7. The molecule has 1 aromatic heterocycles. The van der Waals surface area contributed by atoms with E-state index in [2.05, 4.69) is 10.3 Å². The number of ether oxygens (including phenoxy) is 1. The molecule has 0 fully saturated rings. The Morgan fingerprint density at radius 1 is 1.04 bits per heavy atom. The predicted octanol–water partition coefficient (Wildman–Crippen LogP) is 4.59. The number of esters is 1. The van der Waals surface area contributed by atoms with Gasteiger partial charge in [0.15, 0.2) is 5.69 Å². The van der Waals surface area contributed by atoms with Crippen LogP contribution < -0.4 is 5.32 Å². The Hall–Kier alpha value is -3.21. The third-order valence-corrected chi connectivity index (χ3v) is 4.60. The molecule has 0 unspecified atom stereocenters. The molecule has 0 saturated carbocycles. The Morgan fingerprint density at radius 3 is 2.37 bits per heavy atom. The lowest BCUT2D eigenvalue weighted by atomic mass is 10.0. The predicted molar refractivity (Wildman–Crippen MR) is 106 cm³/mol. The average Bonchev–Trinajstić information content (AvgIpc) is 2.66. The largest absolute Gasteiger partial charge is 0.461 e. The lowest BCUT2D eigenvalue weighted by molar-refractivity contribution is 0.0521. The zero-order valence-corrected chi connectivity index (χ0v) is 15.9. The number of pyridine rings is 1. The van der Waals surface area contributed by atoms with Gasteiger partial charge in [-0.05, 0) is 68.7 Å². The second-order valence-corrected chi connectivity index (χ2v) is 6.45. The van der Waals surface area contributed by atoms with E-state index in [0.29, 0.717) is 16.8 Å². The Bertz CT molecular complexity index is 1030. The van der Waals surface area contributed by atoms with E-state index in [4.69, 9.17) is 4.74 Å². The van der Waals surface area contributed by atoms with Crippen LogP contribution in [0.1, 0.15) is 44.5 Å². The van der Waals surface area contributed by atoms with E-state index < -0.39 is 5.97 Å². The van der Waals surface area contributed by atoms with Gasteiger partial charge in [-0.2, -0.15) is 0 Å². The smallest absolute Gasteiger partial charge is 0.359 e. The Kier molecular flexibility index (Phi) is 5.21. The number of nitrogens with one attached hydrogen (secondary N) is 1. The van der Waals surface area contributed by atoms with Gasteiger partial charge >= 0.3 is 5.97 Å². The third-order valence-electron chi connectivity index (χ3n) is 4.60. The van der Waals surface area contributed by atoms with Crippen LogP contribution >= 0.6 is 0 Å². The summed E-state index contributed by atoms with van der Waals surface area (Å²) in [5.74, 6) is -0.849. The van der Waals surface area contributed by atoms with Crippen molar-refractivity contribution < 1.29 is 14.3 Å². The van der Waals surface area contributed by atoms with E-state index in [1.165, 1.54) is 0 Å². The van der Waals surface area contributed by atoms with Crippen molar-refractivity contribution in [3.63, 3.8) is 0 Å². The molecule has 0 aliphatic carbocycles. The van der Waals surface area contributed by atoms with Crippen molar-refractivity contribution in [2.45, 2.75) is 27.7 Å². The first-order valence-corrected chi connectivity index (χ1v) is 8.87. The SMILES string of the molecule is CCOC(=O)c1nc2cc(C)c(C)cc2c(C)c1NC(=O)c1ccccc1. The monoisotopic (exact) mass is 362 g/mol. The number of fused-ring (bicyclic) bond motifs is 1. The van der Waals surface area contributed by atoms with Gasteiger partial charge in [-0.3, -0.25) is 4.79 Å². The van der Waals surface area contributed by atoms with Crippen LogP contribution in [0.5, 0.6) is 0 Å². The number of aromatic nitrogens is 1. The minimum atomic E-state index is -0.552. The van der Waals surface area contributed by atoms with Crippen molar-refractivity contribution in [2.24, 2.45) is 0 Å². The highest BCUT2D eigenvalue weighted by Gasteiger charge is 2.22. The van der Waals surface area contributed by atoms with Crippen molar-refractivity contribution in [1.82, 2.24) is 4.98 Å². The highest BCUT2D eigenvalue weighted by Crippen LogP contribution is 2.30. The molecule has 5 heteroatoms. The summed E-state index contributed by atoms with van der Waals surface area (Å²) in [5, 5.41) is 3.76. The van der Waals surface area contributed by atoms with Crippen LogP contribution in [-0.4, -0.2) is 23.5 Å². The maximum Gasteiger partial charge on any atom is 0.359 e. The minimum absolute atomic E-state index is 0.120. The molecular weight excluding hydrogens is 340 g/mol. The normalized spacial score (nSPS) is 10.7. The summed E-state index contributed by atoms with van der Waals surface area (Å²) in [6.07, 6.45) is 0. The molecule has 1 amide bonds. The van der Waals surface area contributed by atoms with Gasteiger partial charge in [0.2, 0.25) is 0 Å². The molecule has 1 N–H and O–H groups in total. The lowest BCUT2D eigenvalue weighted by Gasteiger charge is -2.16. The van der Waals surface area contributed by atoms with Gasteiger partial charge in [0.1, 0.15) is 0 Å². The number of rotatable bonds is 4. The van der Waals surface area contributed by atoms with Crippen LogP contribution in [0.15, 0.2) is 42.5 Å². The summed E-state index contributed by atoms with van der Waals surface area (Å²) >= 11 is 0. The van der Waals surface area contributed by atoms with Crippen LogP contribution in [0.4, 0.5) is 5.69 Å². The van der Waals surface area contributed by atoms with E-state index >= 15 is 0 Å². The van der Waals surface area contributed by atoms with E-state index in [1.54, 1.807) is 31.2 Å². The van der Waals surface area contributed by atoms with Gasteiger partial charge in [0.25, 0.3) is 5.91 Å². The lowest BCUT2D eigenvalue weighted by Crippen LogP contribution is -2.18. The molecule has 0 atom stereocenters. The summed E-state index contributed by atoms with van der Waals surface area (Å²) in [5.41, 5.74) is 4.72. The van der Waals surface area contributed by atoms with Crippen molar-refractivity contribution in [3.05, 3.63) is 70.4 Å². The first-order valence-electron chi connectivity index (χ1n) is 8.87. The number of anilines is 1. The molecule has 0 aliphatic rings. The number of benzene rings is 2. The quantitative estimate of drug-likeness (QED) is 0.689. The number of nitrogens with zero attached hydrogens (tertiary/aromatic N) is 1. The zero-order chi connectivity index (χ0) is 19.6. The van der Waals surface area contributed by atoms with Crippen LogP contribution in [0.2, 0.25) is 0 Å². The van der Waals surface area contributed by atoms with Crippen LogP contribution in [0, 0.1) is 20.8 Å². The Balaban J connectivity index is 2.17. The molecule has 138 valence electrons. The number of aryl methyl sites for hydroxylation is 3. The number of hydrogen-bond donors (Lipinski definition) is 1. The second kappa shape index (κ2) is 7.58. The molecule has 27 heavy (non-hydrogen) atoms. The number of amides is 1. The molecule has 0 aliphatic heterocycles. The molecule has 0 bridgehead atoms. The number of hydrogen-bond acceptors (Lipinski definition) is 4. The van der Waals surface area contributed by atoms with Crippen molar-refractivity contribution >= 4 is 28.5 Å². The molecular formula is C22H22N2O3. The van der Waals surface area contributed by atoms with Gasteiger partial charge in [-0.1, -0.05) is 18.2 Å². The van der Waals surface area contributed by atoms with E-state index in [-0.39, 0.29) is 18.2 Å². The second-order valence-electron chi connectivity index (χ2n) is 6.45. The first-order chi connectivity index (χ1) is 12.9. The molecule has 3 aromatic rings. The highest BCUT2D eigenvalue weighted by molar-refractivity contribution is 6.10. The van der Waals surface area contributed by atoms with E-state index in [9.17, 15) is 9.59 Å². The van der Waals surface area contributed by atoms with Crippen molar-refractivity contribution in [3.8, 4) is 0 Å². The third kappa shape index (κ3) is 3.67. The number of carbonyl (C=O) groups excluding carboxylic acids is 2. The Labute approximate surface area is 158 Å². The van der Waals surface area contributed by atoms with Crippen molar-refractivity contribution in [2.75, 3.05) is 11.9 Å². The van der Waals surface area contributed by atoms with Gasteiger partial charge in [-0.25, -0.2) is 9.78 Å². The van der Waals surface area contributed by atoms with Crippen LogP contribution in [0.3, 0.4) is 0 Å². The van der Waals surface area contributed by atoms with Gasteiger partial charge < -0.3 is 10.1 Å². The maximum atomic E-state index is 12.7. The van der Waals surface area contributed by atoms with Crippen LogP contribution in [0.25, 0.3) is 10.9 Å². The van der Waals surface area contributed by atoms with E-state index in [0.717, 1.165) is 22.1 Å². The Morgan fingerprint density at radius 2 is 1.70 bits per heavy atom. The van der Waals surface area contributed by atoms with Crippen LogP contribution in [-0.2, 0) is 4.74 Å². The molecule has 1 heterocycles. The molecule has 3 rings (SSSR count). The van der Waals surface area contributed by atoms with Crippen molar-refractivity contribution in [1.29, 1.82) is 0 Å². The standard InChI is InChI=1S/C22H22N2O3/c1-5-27-22(26)20-19(24-21(25)16-9-7-6-8-10-16)15(4)17-11-13(2)14(3)12-18(17)23-20/h6-12H,5H2,1-4H3,(H,24,25). The average molecular weight is 362 g/mol. The van der Waals surface area contributed by atoms with E-state index in [1.807, 2.05) is 39.0 Å². The highest BCUT2D eigenvalue weighted by atomic mass is 16.5. The van der Waals surface area contributed by atoms with Gasteiger partial charge in [-0.15, -0.1) is 0 Å². The maximum absolute atomic E-state index is 12.7. The molecule has 0 radical (unpaired) electrons.